The summed E-state index contributed by atoms with van der Waals surface area (Å²) < 4.78 is 0. The van der Waals surface area contributed by atoms with Crippen molar-refractivity contribution in [2.45, 2.75) is 31.9 Å². The summed E-state index contributed by atoms with van der Waals surface area (Å²) in [6, 6.07) is 4.43. The lowest BCUT2D eigenvalue weighted by molar-refractivity contribution is 0.199. The molecule has 1 saturated carbocycles. The van der Waals surface area contributed by atoms with Gasteiger partial charge in [0, 0.05) is 18.8 Å². The molecule has 0 saturated heterocycles. The van der Waals surface area contributed by atoms with Crippen LogP contribution in [0.5, 0.6) is 0 Å². The molecular weight excluding hydrogens is 200 g/mol. The Morgan fingerprint density at radius 3 is 3.00 bits per heavy atom. The molecule has 0 amide bonds. The first kappa shape index (κ1) is 11.1. The molecular formula is C13H18N2O. The number of nitrogens with zero attached hydrogens (tertiary/aromatic N) is 2. The van der Waals surface area contributed by atoms with Gasteiger partial charge in [-0.1, -0.05) is 6.08 Å². The van der Waals surface area contributed by atoms with Gasteiger partial charge in [0.2, 0.25) is 0 Å². The molecule has 0 aliphatic heterocycles. The summed E-state index contributed by atoms with van der Waals surface area (Å²) in [5, 5.41) is 9.55. The molecule has 0 unspecified atom stereocenters. The quantitative estimate of drug-likeness (QED) is 0.770. The molecule has 16 heavy (non-hydrogen) atoms. The van der Waals surface area contributed by atoms with Gasteiger partial charge in [0.1, 0.15) is 5.82 Å². The summed E-state index contributed by atoms with van der Waals surface area (Å²) in [5.74, 6) is 0.945. The van der Waals surface area contributed by atoms with Crippen molar-refractivity contribution in [2.75, 3.05) is 11.4 Å². The number of pyridine rings is 1. The Morgan fingerprint density at radius 2 is 2.44 bits per heavy atom. The van der Waals surface area contributed by atoms with Gasteiger partial charge in [-0.05, 0) is 37.5 Å². The molecule has 1 atom stereocenters. The molecule has 0 radical (unpaired) electrons. The summed E-state index contributed by atoms with van der Waals surface area (Å²) in [6.45, 7) is 6.37. The zero-order chi connectivity index (χ0) is 11.5. The first-order valence-electron chi connectivity index (χ1n) is 5.74. The van der Waals surface area contributed by atoms with E-state index < -0.39 is 6.10 Å². The smallest absolute Gasteiger partial charge is 0.129 e. The number of hydrogen-bond donors (Lipinski definition) is 1. The molecule has 1 heterocycles. The van der Waals surface area contributed by atoms with Crippen molar-refractivity contribution in [1.82, 2.24) is 4.98 Å². The fourth-order valence-electron chi connectivity index (χ4n) is 1.81. The minimum atomic E-state index is -0.438. The number of rotatable bonds is 5. The van der Waals surface area contributed by atoms with E-state index in [0.717, 1.165) is 17.9 Å². The van der Waals surface area contributed by atoms with Crippen molar-refractivity contribution in [3.05, 3.63) is 36.5 Å². The summed E-state index contributed by atoms with van der Waals surface area (Å²) >= 11 is 0. The Bertz CT molecular complexity index is 372. The maximum absolute atomic E-state index is 9.55. The SMILES string of the molecule is C=CCN(c1cc([C@@H](C)O)ccn1)C1CC1. The fourth-order valence-corrected chi connectivity index (χ4v) is 1.81. The minimum absolute atomic E-state index is 0.438. The molecule has 2 rings (SSSR count). The van der Waals surface area contributed by atoms with Crippen LogP contribution in [0.1, 0.15) is 31.4 Å². The normalized spacial score (nSPS) is 16.9. The average molecular weight is 218 g/mol. The minimum Gasteiger partial charge on any atom is -0.389 e. The van der Waals surface area contributed by atoms with Crippen molar-refractivity contribution < 1.29 is 5.11 Å². The Morgan fingerprint density at radius 1 is 1.69 bits per heavy atom. The molecule has 1 aliphatic rings. The van der Waals surface area contributed by atoms with Gasteiger partial charge in [0.05, 0.1) is 6.10 Å². The van der Waals surface area contributed by atoms with E-state index in [0.29, 0.717) is 6.04 Å². The molecule has 1 aliphatic carbocycles. The maximum atomic E-state index is 9.55. The van der Waals surface area contributed by atoms with Gasteiger partial charge < -0.3 is 10.0 Å². The van der Waals surface area contributed by atoms with Crippen LogP contribution >= 0.6 is 0 Å². The lowest BCUT2D eigenvalue weighted by Crippen LogP contribution is -2.26. The number of aliphatic hydroxyl groups is 1. The maximum Gasteiger partial charge on any atom is 0.129 e. The van der Waals surface area contributed by atoms with Crippen LogP contribution in [0.4, 0.5) is 5.82 Å². The lowest BCUT2D eigenvalue weighted by atomic mass is 10.1. The third-order valence-electron chi connectivity index (χ3n) is 2.86. The summed E-state index contributed by atoms with van der Waals surface area (Å²) in [5.41, 5.74) is 0.916. The van der Waals surface area contributed by atoms with Crippen LogP contribution in [0.2, 0.25) is 0 Å². The van der Waals surface area contributed by atoms with E-state index in [4.69, 9.17) is 0 Å². The van der Waals surface area contributed by atoms with Crippen molar-refractivity contribution in [2.24, 2.45) is 0 Å². The topological polar surface area (TPSA) is 36.4 Å². The third kappa shape index (κ3) is 2.42. The van der Waals surface area contributed by atoms with Gasteiger partial charge in [-0.15, -0.1) is 6.58 Å². The number of anilines is 1. The van der Waals surface area contributed by atoms with E-state index in [9.17, 15) is 5.11 Å². The van der Waals surface area contributed by atoms with Gasteiger partial charge in [-0.3, -0.25) is 0 Å². The molecule has 0 aromatic carbocycles. The molecule has 3 nitrogen and oxygen atoms in total. The van der Waals surface area contributed by atoms with Gasteiger partial charge in [0.15, 0.2) is 0 Å². The van der Waals surface area contributed by atoms with E-state index in [2.05, 4.69) is 16.5 Å². The fraction of sp³-hybridized carbons (Fsp3) is 0.462. The van der Waals surface area contributed by atoms with Crippen molar-refractivity contribution >= 4 is 5.82 Å². The average Bonchev–Trinajstić information content (AvgIpc) is 3.10. The van der Waals surface area contributed by atoms with Crippen molar-refractivity contribution in [3.8, 4) is 0 Å². The predicted molar refractivity (Wildman–Crippen MR) is 65.4 cm³/mol. The van der Waals surface area contributed by atoms with E-state index in [-0.39, 0.29) is 0 Å². The van der Waals surface area contributed by atoms with E-state index >= 15 is 0 Å². The van der Waals surface area contributed by atoms with Gasteiger partial charge in [0.25, 0.3) is 0 Å². The zero-order valence-electron chi connectivity index (χ0n) is 9.63. The van der Waals surface area contributed by atoms with E-state index in [1.807, 2.05) is 18.2 Å². The highest BCUT2D eigenvalue weighted by molar-refractivity contribution is 5.44. The number of aliphatic hydroxyl groups excluding tert-OH is 1. The van der Waals surface area contributed by atoms with Crippen LogP contribution in [0, 0.1) is 0 Å². The van der Waals surface area contributed by atoms with Crippen LogP contribution in [0.25, 0.3) is 0 Å². The first-order valence-corrected chi connectivity index (χ1v) is 5.74. The summed E-state index contributed by atoms with van der Waals surface area (Å²) in [7, 11) is 0. The third-order valence-corrected chi connectivity index (χ3v) is 2.86. The Kier molecular flexibility index (Phi) is 3.25. The molecule has 1 N–H and O–H groups in total. The second-order valence-electron chi connectivity index (χ2n) is 4.30. The van der Waals surface area contributed by atoms with Crippen LogP contribution < -0.4 is 4.90 Å². The summed E-state index contributed by atoms with van der Waals surface area (Å²) in [6.07, 6.45) is 5.68. The molecule has 0 spiro atoms. The van der Waals surface area contributed by atoms with Gasteiger partial charge >= 0.3 is 0 Å². The second-order valence-corrected chi connectivity index (χ2v) is 4.30. The zero-order valence-corrected chi connectivity index (χ0v) is 9.63. The molecule has 1 fully saturated rings. The Labute approximate surface area is 96.4 Å². The highest BCUT2D eigenvalue weighted by atomic mass is 16.3. The van der Waals surface area contributed by atoms with E-state index in [1.54, 1.807) is 13.1 Å². The molecule has 0 bridgehead atoms. The van der Waals surface area contributed by atoms with Crippen LogP contribution in [-0.2, 0) is 0 Å². The molecule has 1 aromatic rings. The highest BCUT2D eigenvalue weighted by Gasteiger charge is 2.29. The monoisotopic (exact) mass is 218 g/mol. The molecule has 1 aromatic heterocycles. The first-order chi connectivity index (χ1) is 7.72. The number of aromatic nitrogens is 1. The van der Waals surface area contributed by atoms with Gasteiger partial charge in [-0.2, -0.15) is 0 Å². The lowest BCUT2D eigenvalue weighted by Gasteiger charge is -2.22. The molecule has 3 heteroatoms. The van der Waals surface area contributed by atoms with E-state index in [1.165, 1.54) is 12.8 Å². The summed E-state index contributed by atoms with van der Waals surface area (Å²) in [4.78, 5) is 6.62. The van der Waals surface area contributed by atoms with Crippen LogP contribution in [0.3, 0.4) is 0 Å². The molecule has 86 valence electrons. The Hall–Kier alpha value is -1.35. The van der Waals surface area contributed by atoms with Gasteiger partial charge in [-0.25, -0.2) is 4.98 Å². The Balaban J connectivity index is 2.22. The van der Waals surface area contributed by atoms with Crippen LogP contribution in [-0.4, -0.2) is 22.7 Å². The van der Waals surface area contributed by atoms with Crippen molar-refractivity contribution in [3.63, 3.8) is 0 Å². The van der Waals surface area contributed by atoms with Crippen molar-refractivity contribution in [1.29, 1.82) is 0 Å². The number of hydrogen-bond acceptors (Lipinski definition) is 3. The predicted octanol–water partition coefficient (Wildman–Crippen LogP) is 2.29. The van der Waals surface area contributed by atoms with Crippen LogP contribution in [0.15, 0.2) is 31.0 Å². The standard InChI is InChI=1S/C13H18N2O/c1-3-8-15(12-4-5-12)13-9-11(10(2)16)6-7-14-13/h3,6-7,9-10,12,16H,1,4-5,8H2,2H3/t10-/m1/s1. The largest absolute Gasteiger partial charge is 0.389 e. The second kappa shape index (κ2) is 4.66. The highest BCUT2D eigenvalue weighted by Crippen LogP contribution is 2.31.